The van der Waals surface area contributed by atoms with E-state index in [1.54, 1.807) is 0 Å². The predicted octanol–water partition coefficient (Wildman–Crippen LogP) is 1.34. The lowest BCUT2D eigenvalue weighted by Gasteiger charge is -1.84. The summed E-state index contributed by atoms with van der Waals surface area (Å²) in [4.78, 5) is 3.94. The molecule has 0 spiro atoms. The Kier molecular flexibility index (Phi) is 3.35. The lowest BCUT2D eigenvalue weighted by molar-refractivity contribution is 1.45. The van der Waals surface area contributed by atoms with Crippen LogP contribution in [0.2, 0.25) is 0 Å². The van der Waals surface area contributed by atoms with Crippen LogP contribution in [-0.4, -0.2) is 19.2 Å². The van der Waals surface area contributed by atoms with Gasteiger partial charge >= 0.3 is 0 Å². The number of hydrogen-bond acceptors (Lipinski definition) is 1. The molecule has 0 aliphatic heterocycles. The first kappa shape index (κ1) is 6.10. The van der Waals surface area contributed by atoms with Crippen LogP contribution in [0.1, 0.15) is 6.92 Å². The molecule has 1 unspecified atom stereocenters. The van der Waals surface area contributed by atoms with Crippen molar-refractivity contribution in [1.82, 2.24) is 0 Å². The minimum absolute atomic E-state index is 0.882. The third-order valence-electron chi connectivity index (χ3n) is 0.697. The third kappa shape index (κ3) is 2.34. The van der Waals surface area contributed by atoms with E-state index in [4.69, 9.17) is 0 Å². The average molecular weight is 103 g/mol. The second kappa shape index (κ2) is 3.30. The SMILES string of the molecule is CN=C(C)PC. The molecule has 36 valence electrons. The zero-order valence-electron chi connectivity index (χ0n) is 4.45. The number of nitrogens with zero attached hydrogens (tertiary/aromatic N) is 1. The molecule has 1 nitrogen and oxygen atoms in total. The van der Waals surface area contributed by atoms with E-state index >= 15 is 0 Å². The van der Waals surface area contributed by atoms with E-state index in [1.807, 2.05) is 14.0 Å². The Labute approximate surface area is 40.6 Å². The van der Waals surface area contributed by atoms with E-state index in [0.29, 0.717) is 0 Å². The maximum atomic E-state index is 3.94. The Balaban J connectivity index is 3.22. The highest BCUT2D eigenvalue weighted by molar-refractivity contribution is 7.57. The smallest absolute Gasteiger partial charge is 0.0285 e. The molecule has 0 aliphatic carbocycles. The van der Waals surface area contributed by atoms with Crippen molar-refractivity contribution in [3.05, 3.63) is 0 Å². The maximum absolute atomic E-state index is 3.94. The first-order chi connectivity index (χ1) is 2.81. The van der Waals surface area contributed by atoms with Crippen LogP contribution in [0.25, 0.3) is 0 Å². The van der Waals surface area contributed by atoms with E-state index in [9.17, 15) is 0 Å². The number of aliphatic imine (C=N–C) groups is 1. The van der Waals surface area contributed by atoms with Crippen LogP contribution < -0.4 is 0 Å². The molecule has 0 aromatic rings. The second-order valence-corrected chi connectivity index (χ2v) is 2.28. The summed E-state index contributed by atoms with van der Waals surface area (Å²) in [6.45, 7) is 4.17. The van der Waals surface area contributed by atoms with Gasteiger partial charge in [0, 0.05) is 12.5 Å². The average Bonchev–Trinajstić information content (AvgIpc) is 1.65. The molecule has 0 aliphatic rings. The van der Waals surface area contributed by atoms with Crippen molar-refractivity contribution in [2.45, 2.75) is 6.92 Å². The van der Waals surface area contributed by atoms with Crippen LogP contribution >= 0.6 is 8.58 Å². The minimum Gasteiger partial charge on any atom is -0.293 e. The molecule has 0 fully saturated rings. The summed E-state index contributed by atoms with van der Waals surface area (Å²) in [7, 11) is 2.71. The van der Waals surface area contributed by atoms with Crippen molar-refractivity contribution in [2.75, 3.05) is 13.7 Å². The fraction of sp³-hybridized carbons (Fsp3) is 0.750. The van der Waals surface area contributed by atoms with Crippen LogP contribution in [0.4, 0.5) is 0 Å². The fourth-order valence-electron chi connectivity index (χ4n) is 0.112. The summed E-state index contributed by atoms with van der Waals surface area (Å²) < 4.78 is 0. The van der Waals surface area contributed by atoms with Crippen LogP contribution in [0, 0.1) is 0 Å². The first-order valence-electron chi connectivity index (χ1n) is 1.92. The Bertz CT molecular complexity index is 58.6. The molecule has 0 aromatic carbocycles. The van der Waals surface area contributed by atoms with Crippen molar-refractivity contribution >= 4 is 14.0 Å². The van der Waals surface area contributed by atoms with Gasteiger partial charge in [0.1, 0.15) is 0 Å². The number of hydrogen-bond donors (Lipinski definition) is 0. The zero-order chi connectivity index (χ0) is 4.99. The molecule has 0 aromatic heterocycles. The van der Waals surface area contributed by atoms with Gasteiger partial charge in [0.25, 0.3) is 0 Å². The van der Waals surface area contributed by atoms with Crippen LogP contribution in [0.3, 0.4) is 0 Å². The number of rotatable bonds is 1. The van der Waals surface area contributed by atoms with E-state index in [2.05, 4.69) is 11.7 Å². The quantitative estimate of drug-likeness (QED) is 0.351. The maximum Gasteiger partial charge on any atom is 0.0285 e. The van der Waals surface area contributed by atoms with Crippen LogP contribution in [-0.2, 0) is 0 Å². The van der Waals surface area contributed by atoms with Gasteiger partial charge in [0.2, 0.25) is 0 Å². The summed E-state index contributed by atoms with van der Waals surface area (Å²) in [6.07, 6.45) is 0. The Hall–Kier alpha value is 0.100. The molecule has 6 heavy (non-hydrogen) atoms. The van der Waals surface area contributed by atoms with Gasteiger partial charge in [-0.15, -0.1) is 0 Å². The van der Waals surface area contributed by atoms with E-state index in [0.717, 1.165) is 8.58 Å². The highest BCUT2D eigenvalue weighted by Gasteiger charge is 1.74. The van der Waals surface area contributed by atoms with Gasteiger partial charge in [-0.1, -0.05) is 8.58 Å². The van der Waals surface area contributed by atoms with Gasteiger partial charge in [-0.2, -0.15) is 0 Å². The van der Waals surface area contributed by atoms with E-state index in [1.165, 1.54) is 5.45 Å². The molecule has 2 heteroatoms. The molecule has 0 heterocycles. The Morgan fingerprint density at radius 3 is 2.17 bits per heavy atom. The molecule has 0 saturated heterocycles. The van der Waals surface area contributed by atoms with Crippen molar-refractivity contribution in [1.29, 1.82) is 0 Å². The molecule has 0 bridgehead atoms. The Morgan fingerprint density at radius 2 is 2.17 bits per heavy atom. The summed E-state index contributed by atoms with van der Waals surface area (Å²) in [5, 5.41) is 0. The van der Waals surface area contributed by atoms with Crippen molar-refractivity contribution in [2.24, 2.45) is 4.99 Å². The largest absolute Gasteiger partial charge is 0.293 e. The van der Waals surface area contributed by atoms with Gasteiger partial charge in [0.05, 0.1) is 0 Å². The summed E-state index contributed by atoms with van der Waals surface area (Å²) in [5.41, 5.74) is 1.25. The lowest BCUT2D eigenvalue weighted by Crippen LogP contribution is -1.73. The van der Waals surface area contributed by atoms with Crippen molar-refractivity contribution in [3.8, 4) is 0 Å². The lowest BCUT2D eigenvalue weighted by atomic mass is 10.9. The molecule has 0 N–H and O–H groups in total. The van der Waals surface area contributed by atoms with E-state index in [-0.39, 0.29) is 0 Å². The summed E-state index contributed by atoms with van der Waals surface area (Å²) in [5.74, 6) is 0. The summed E-state index contributed by atoms with van der Waals surface area (Å²) >= 11 is 0. The molecule has 0 rings (SSSR count). The predicted molar refractivity (Wildman–Crippen MR) is 33.3 cm³/mol. The highest BCUT2D eigenvalue weighted by Crippen LogP contribution is 2.02. The molecule has 0 saturated carbocycles. The third-order valence-corrected chi connectivity index (χ3v) is 1.64. The minimum atomic E-state index is 0.882. The molecular formula is C4H10NP. The summed E-state index contributed by atoms with van der Waals surface area (Å²) in [6, 6.07) is 0. The van der Waals surface area contributed by atoms with Gasteiger partial charge < -0.3 is 0 Å². The van der Waals surface area contributed by atoms with Gasteiger partial charge in [-0.25, -0.2) is 0 Å². The van der Waals surface area contributed by atoms with Gasteiger partial charge in [0.15, 0.2) is 0 Å². The molecule has 1 atom stereocenters. The van der Waals surface area contributed by atoms with Gasteiger partial charge in [-0.05, 0) is 13.6 Å². The molecule has 0 radical (unpaired) electrons. The standard InChI is InChI=1S/C4H10NP/c1-4(5-2)6-3/h6H,1-3H3. The molecular weight excluding hydrogens is 93.0 g/mol. The van der Waals surface area contributed by atoms with E-state index < -0.39 is 0 Å². The van der Waals surface area contributed by atoms with Crippen LogP contribution in [0.5, 0.6) is 0 Å². The highest BCUT2D eigenvalue weighted by atomic mass is 31.1. The zero-order valence-corrected chi connectivity index (χ0v) is 5.45. The van der Waals surface area contributed by atoms with Crippen molar-refractivity contribution < 1.29 is 0 Å². The van der Waals surface area contributed by atoms with Crippen LogP contribution in [0.15, 0.2) is 4.99 Å². The normalized spacial score (nSPS) is 14.2. The fourth-order valence-corrected chi connectivity index (χ4v) is 0.335. The first-order valence-corrected chi connectivity index (χ1v) is 3.42. The Morgan fingerprint density at radius 1 is 1.67 bits per heavy atom. The monoisotopic (exact) mass is 103 g/mol. The molecule has 0 amide bonds. The van der Waals surface area contributed by atoms with Crippen molar-refractivity contribution in [3.63, 3.8) is 0 Å². The van der Waals surface area contributed by atoms with Gasteiger partial charge in [-0.3, -0.25) is 4.99 Å². The second-order valence-electron chi connectivity index (χ2n) is 1.06. The topological polar surface area (TPSA) is 12.4 Å².